The Morgan fingerprint density at radius 2 is 1.71 bits per heavy atom. The van der Waals surface area contributed by atoms with Crippen molar-refractivity contribution in [3.63, 3.8) is 0 Å². The number of primary amides is 1. The predicted octanol–water partition coefficient (Wildman–Crippen LogP) is 4.92. The Morgan fingerprint density at radius 1 is 1.00 bits per heavy atom. The van der Waals surface area contributed by atoms with E-state index in [0.29, 0.717) is 27.5 Å². The molecule has 0 fully saturated rings. The number of aromatic nitrogens is 1. The van der Waals surface area contributed by atoms with Gasteiger partial charge in [0, 0.05) is 35.5 Å². The second-order valence-electron chi connectivity index (χ2n) is 7.26. The van der Waals surface area contributed by atoms with Crippen LogP contribution in [0.4, 0.5) is 18.9 Å². The van der Waals surface area contributed by atoms with Crippen molar-refractivity contribution in [3.8, 4) is 0 Å². The quantitative estimate of drug-likeness (QED) is 0.487. The minimum atomic E-state index is -4.50. The van der Waals surface area contributed by atoms with E-state index in [1.165, 1.54) is 13.0 Å². The molecule has 0 saturated carbocycles. The smallest absolute Gasteiger partial charge is 0.366 e. The van der Waals surface area contributed by atoms with Gasteiger partial charge in [0.2, 0.25) is 11.8 Å². The molecule has 0 aliphatic carbocycles. The Hall–Kier alpha value is -3.81. The van der Waals surface area contributed by atoms with Crippen LogP contribution in [0.15, 0.2) is 60.7 Å². The van der Waals surface area contributed by atoms with Crippen molar-refractivity contribution in [2.45, 2.75) is 19.6 Å². The molecule has 4 rings (SSSR count). The summed E-state index contributed by atoms with van der Waals surface area (Å²) in [4.78, 5) is 23.2. The molecule has 31 heavy (non-hydrogen) atoms. The van der Waals surface area contributed by atoms with Crippen LogP contribution in [0.1, 0.15) is 28.4 Å². The fraction of sp³-hybridized carbons (Fsp3) is 0.130. The third-order valence-corrected chi connectivity index (χ3v) is 5.10. The van der Waals surface area contributed by atoms with E-state index in [4.69, 9.17) is 5.73 Å². The van der Waals surface area contributed by atoms with E-state index < -0.39 is 17.6 Å². The van der Waals surface area contributed by atoms with Gasteiger partial charge >= 0.3 is 6.18 Å². The average molecular weight is 425 g/mol. The average Bonchev–Trinajstić information content (AvgIpc) is 3.01. The molecule has 0 unspecified atom stereocenters. The van der Waals surface area contributed by atoms with Crippen molar-refractivity contribution in [3.05, 3.63) is 77.4 Å². The molecule has 0 spiro atoms. The summed E-state index contributed by atoms with van der Waals surface area (Å²) in [5.41, 5.74) is 7.40. The van der Waals surface area contributed by atoms with Gasteiger partial charge in [-0.25, -0.2) is 0 Å². The Kier molecular flexibility index (Phi) is 4.93. The number of anilines is 1. The lowest BCUT2D eigenvalue weighted by atomic mass is 10.0. The third kappa shape index (κ3) is 3.84. The first-order valence-corrected chi connectivity index (χ1v) is 9.43. The minimum absolute atomic E-state index is 0.200. The second-order valence-corrected chi connectivity index (χ2v) is 7.26. The molecule has 4 aromatic rings. The van der Waals surface area contributed by atoms with Crippen LogP contribution in [0.3, 0.4) is 0 Å². The number of hydrogen-bond donors (Lipinski definition) is 2. The first kappa shape index (κ1) is 20.5. The number of nitrogens with one attached hydrogen (secondary N) is 1. The summed E-state index contributed by atoms with van der Waals surface area (Å²) in [6.45, 7) is 1.67. The van der Waals surface area contributed by atoms with Gasteiger partial charge in [0.05, 0.1) is 16.6 Å². The Balaban J connectivity index is 1.92. The minimum Gasteiger partial charge on any atom is -0.366 e. The molecule has 3 N–H and O–H groups in total. The summed E-state index contributed by atoms with van der Waals surface area (Å²) in [6.07, 6.45) is -4.50. The summed E-state index contributed by atoms with van der Waals surface area (Å²) in [6, 6.07) is 15.5. The maximum atomic E-state index is 13.4. The van der Waals surface area contributed by atoms with E-state index in [-0.39, 0.29) is 18.0 Å². The van der Waals surface area contributed by atoms with Gasteiger partial charge in [-0.2, -0.15) is 13.2 Å². The number of rotatable bonds is 4. The molecule has 0 saturated heterocycles. The van der Waals surface area contributed by atoms with Crippen LogP contribution in [-0.4, -0.2) is 16.4 Å². The van der Waals surface area contributed by atoms with Gasteiger partial charge in [-0.15, -0.1) is 0 Å². The van der Waals surface area contributed by atoms with Crippen LogP contribution in [0.5, 0.6) is 0 Å². The summed E-state index contributed by atoms with van der Waals surface area (Å²) >= 11 is 0. The first-order chi connectivity index (χ1) is 14.6. The van der Waals surface area contributed by atoms with Crippen molar-refractivity contribution in [2.75, 3.05) is 5.32 Å². The van der Waals surface area contributed by atoms with Gasteiger partial charge in [-0.05, 0) is 42.0 Å². The van der Waals surface area contributed by atoms with Gasteiger partial charge < -0.3 is 15.6 Å². The van der Waals surface area contributed by atoms with Crippen molar-refractivity contribution in [1.82, 2.24) is 4.57 Å². The maximum Gasteiger partial charge on any atom is 0.416 e. The number of amides is 2. The fourth-order valence-electron chi connectivity index (χ4n) is 3.78. The second kappa shape index (κ2) is 7.46. The summed E-state index contributed by atoms with van der Waals surface area (Å²) in [5, 5.41) is 3.71. The number of halogens is 3. The highest BCUT2D eigenvalue weighted by molar-refractivity contribution is 6.18. The van der Waals surface area contributed by atoms with Gasteiger partial charge in [-0.1, -0.05) is 24.3 Å². The number of carbonyl (C=O) groups excluding carboxylic acids is 2. The van der Waals surface area contributed by atoms with Gasteiger partial charge in [0.1, 0.15) is 0 Å². The topological polar surface area (TPSA) is 77.1 Å². The summed E-state index contributed by atoms with van der Waals surface area (Å²) < 4.78 is 41.8. The summed E-state index contributed by atoms with van der Waals surface area (Å²) in [5.74, 6) is -0.849. The zero-order valence-corrected chi connectivity index (χ0v) is 16.5. The summed E-state index contributed by atoms with van der Waals surface area (Å²) in [7, 11) is 0. The molecule has 0 aliphatic rings. The lowest BCUT2D eigenvalue weighted by Gasteiger charge is -2.11. The van der Waals surface area contributed by atoms with Crippen LogP contribution in [0.2, 0.25) is 0 Å². The molecule has 2 amide bonds. The molecule has 1 heterocycles. The van der Waals surface area contributed by atoms with Crippen LogP contribution in [0, 0.1) is 0 Å². The number of fused-ring (bicyclic) bond motifs is 3. The Labute approximate surface area is 175 Å². The fourth-order valence-corrected chi connectivity index (χ4v) is 3.78. The van der Waals surface area contributed by atoms with E-state index in [0.717, 1.165) is 17.7 Å². The molecule has 8 heteroatoms. The molecular weight excluding hydrogens is 407 g/mol. The maximum absolute atomic E-state index is 13.4. The highest BCUT2D eigenvalue weighted by atomic mass is 19.4. The number of benzene rings is 3. The zero-order chi connectivity index (χ0) is 22.3. The molecule has 0 atom stereocenters. The number of nitrogens with zero attached hydrogens (tertiary/aromatic N) is 1. The van der Waals surface area contributed by atoms with Crippen LogP contribution >= 0.6 is 0 Å². The monoisotopic (exact) mass is 425 g/mol. The number of hydrogen-bond acceptors (Lipinski definition) is 2. The van der Waals surface area contributed by atoms with Gasteiger partial charge in [0.15, 0.2) is 0 Å². The Bertz CT molecular complexity index is 1320. The standard InChI is InChI=1S/C23H18F3N3O2/c1-13(30)28-16-8-5-14(6-9-16)12-29-19-4-2-3-18(22(27)31)21(19)17-10-7-15(11-20(17)29)23(24,25)26/h2-11H,12H2,1H3,(H2,27,31)(H,28,30). The Morgan fingerprint density at radius 3 is 2.32 bits per heavy atom. The molecule has 1 aromatic heterocycles. The highest BCUT2D eigenvalue weighted by Gasteiger charge is 2.31. The van der Waals surface area contributed by atoms with Gasteiger partial charge in [-0.3, -0.25) is 9.59 Å². The van der Waals surface area contributed by atoms with Gasteiger partial charge in [0.25, 0.3) is 0 Å². The lowest BCUT2D eigenvalue weighted by molar-refractivity contribution is -0.137. The molecule has 3 aromatic carbocycles. The number of nitrogens with two attached hydrogens (primary N) is 1. The zero-order valence-electron chi connectivity index (χ0n) is 16.5. The lowest BCUT2D eigenvalue weighted by Crippen LogP contribution is -2.11. The molecule has 0 radical (unpaired) electrons. The number of alkyl halides is 3. The van der Waals surface area contributed by atoms with Crippen LogP contribution in [-0.2, 0) is 17.5 Å². The first-order valence-electron chi connectivity index (χ1n) is 9.43. The van der Waals surface area contributed by atoms with Crippen molar-refractivity contribution >= 4 is 39.3 Å². The van der Waals surface area contributed by atoms with Crippen LogP contribution in [0.25, 0.3) is 21.8 Å². The highest BCUT2D eigenvalue weighted by Crippen LogP contribution is 2.37. The third-order valence-electron chi connectivity index (χ3n) is 5.10. The van der Waals surface area contributed by atoms with E-state index in [1.54, 1.807) is 47.0 Å². The van der Waals surface area contributed by atoms with Crippen molar-refractivity contribution in [1.29, 1.82) is 0 Å². The SMILES string of the molecule is CC(=O)Nc1ccc(Cn2c3cc(C(F)(F)F)ccc3c3c(C(N)=O)cccc32)cc1. The molecular formula is C23H18F3N3O2. The molecule has 158 valence electrons. The largest absolute Gasteiger partial charge is 0.416 e. The molecule has 0 aliphatic heterocycles. The van der Waals surface area contributed by atoms with Crippen molar-refractivity contribution in [2.24, 2.45) is 5.73 Å². The van der Waals surface area contributed by atoms with Crippen molar-refractivity contribution < 1.29 is 22.8 Å². The molecule has 0 bridgehead atoms. The molecule has 5 nitrogen and oxygen atoms in total. The van der Waals surface area contributed by atoms with E-state index in [9.17, 15) is 22.8 Å². The normalized spacial score (nSPS) is 11.7. The van der Waals surface area contributed by atoms with E-state index in [2.05, 4.69) is 5.32 Å². The van der Waals surface area contributed by atoms with E-state index in [1.807, 2.05) is 0 Å². The number of carbonyl (C=O) groups is 2. The predicted molar refractivity (Wildman–Crippen MR) is 113 cm³/mol. The van der Waals surface area contributed by atoms with E-state index >= 15 is 0 Å². The van der Waals surface area contributed by atoms with Crippen LogP contribution < -0.4 is 11.1 Å².